The fraction of sp³-hybridized carbons (Fsp3) is 0.450. The van der Waals surface area contributed by atoms with Crippen molar-refractivity contribution in [3.05, 3.63) is 59.5 Å². The number of hydrogen-bond donors (Lipinski definition) is 2. The molecule has 5 heteroatoms. The highest BCUT2D eigenvalue weighted by Crippen LogP contribution is 2.33. The first kappa shape index (κ1) is 16.2. The van der Waals surface area contributed by atoms with E-state index in [1.165, 1.54) is 12.0 Å². The highest BCUT2D eigenvalue weighted by molar-refractivity contribution is 5.67. The number of rotatable bonds is 5. The van der Waals surface area contributed by atoms with E-state index in [-0.39, 0.29) is 12.1 Å². The van der Waals surface area contributed by atoms with Gasteiger partial charge in [-0.05, 0) is 37.3 Å². The molecule has 1 saturated carbocycles. The van der Waals surface area contributed by atoms with E-state index in [1.807, 2.05) is 30.3 Å². The lowest BCUT2D eigenvalue weighted by Crippen LogP contribution is -2.53. The van der Waals surface area contributed by atoms with Crippen LogP contribution in [0.4, 0.5) is 4.79 Å². The molecule has 132 valence electrons. The molecule has 2 aliphatic rings. The Morgan fingerprint density at radius 1 is 1.16 bits per heavy atom. The Bertz CT molecular complexity index is 707. The minimum atomic E-state index is -0.331. The van der Waals surface area contributed by atoms with Crippen LogP contribution in [0.5, 0.6) is 0 Å². The minimum absolute atomic E-state index is 0.202. The smallest absolute Gasteiger partial charge is 0.407 e. The number of furan rings is 1. The van der Waals surface area contributed by atoms with Crippen LogP contribution in [0, 0.1) is 0 Å². The van der Waals surface area contributed by atoms with Crippen molar-refractivity contribution in [3.63, 3.8) is 0 Å². The molecule has 1 aromatic heterocycles. The number of nitrogens with one attached hydrogen (secondary N) is 2. The molecule has 0 spiro atoms. The van der Waals surface area contributed by atoms with Gasteiger partial charge in [-0.15, -0.1) is 0 Å². The van der Waals surface area contributed by atoms with E-state index in [0.29, 0.717) is 18.7 Å². The van der Waals surface area contributed by atoms with E-state index in [1.54, 1.807) is 6.26 Å². The van der Waals surface area contributed by atoms with E-state index in [0.717, 1.165) is 37.0 Å². The quantitative estimate of drug-likeness (QED) is 0.871. The van der Waals surface area contributed by atoms with Crippen LogP contribution in [-0.2, 0) is 17.8 Å². The molecular formula is C20H24N2O3. The summed E-state index contributed by atoms with van der Waals surface area (Å²) >= 11 is 0. The van der Waals surface area contributed by atoms with Crippen LogP contribution in [0.2, 0.25) is 0 Å². The standard InChI is InChI=1S/C20H24N2O3/c23-20(25-13-14-5-2-1-3-6-14)22-16-11-15(12-16)21-18-7-4-8-19-17(18)9-10-24-19/h1-3,5-6,9-10,15-16,18,21H,4,7-8,11-13H2,(H,22,23). The lowest BCUT2D eigenvalue weighted by molar-refractivity contribution is 0.124. The van der Waals surface area contributed by atoms with Gasteiger partial charge in [0.1, 0.15) is 12.4 Å². The SMILES string of the molecule is O=C(NC1CC(NC2CCCc3occc32)C1)OCc1ccccc1. The second-order valence-electron chi connectivity index (χ2n) is 6.98. The molecule has 2 aliphatic carbocycles. The van der Waals surface area contributed by atoms with Gasteiger partial charge in [0, 0.05) is 30.1 Å². The van der Waals surface area contributed by atoms with Crippen molar-refractivity contribution in [2.45, 2.75) is 56.8 Å². The van der Waals surface area contributed by atoms with Crippen molar-refractivity contribution in [3.8, 4) is 0 Å². The molecule has 5 nitrogen and oxygen atoms in total. The molecule has 1 fully saturated rings. The van der Waals surface area contributed by atoms with Gasteiger partial charge in [0.2, 0.25) is 0 Å². The second kappa shape index (κ2) is 7.31. The van der Waals surface area contributed by atoms with Gasteiger partial charge in [-0.2, -0.15) is 0 Å². The second-order valence-corrected chi connectivity index (χ2v) is 6.98. The maximum atomic E-state index is 11.9. The van der Waals surface area contributed by atoms with Gasteiger partial charge in [-0.1, -0.05) is 30.3 Å². The van der Waals surface area contributed by atoms with Gasteiger partial charge in [-0.3, -0.25) is 0 Å². The lowest BCUT2D eigenvalue weighted by atomic mass is 9.84. The highest BCUT2D eigenvalue weighted by atomic mass is 16.5. The average Bonchev–Trinajstić information content (AvgIpc) is 3.08. The number of carbonyl (C=O) groups is 1. The van der Waals surface area contributed by atoms with Crippen molar-refractivity contribution >= 4 is 6.09 Å². The Kier molecular flexibility index (Phi) is 4.74. The Labute approximate surface area is 147 Å². The number of alkyl carbamates (subject to hydrolysis) is 1. The number of amides is 1. The van der Waals surface area contributed by atoms with E-state index in [9.17, 15) is 4.79 Å². The predicted molar refractivity (Wildman–Crippen MR) is 94.1 cm³/mol. The zero-order valence-electron chi connectivity index (χ0n) is 14.2. The number of fused-ring (bicyclic) bond motifs is 1. The summed E-state index contributed by atoms with van der Waals surface area (Å²) in [6.45, 7) is 0.312. The van der Waals surface area contributed by atoms with E-state index in [2.05, 4.69) is 16.7 Å². The summed E-state index contributed by atoms with van der Waals surface area (Å²) in [5, 5.41) is 6.65. The first-order chi connectivity index (χ1) is 12.3. The molecule has 0 saturated heterocycles. The summed E-state index contributed by atoms with van der Waals surface area (Å²) in [7, 11) is 0. The zero-order chi connectivity index (χ0) is 17.1. The Morgan fingerprint density at radius 2 is 2.00 bits per heavy atom. The molecule has 4 rings (SSSR count). The molecular weight excluding hydrogens is 316 g/mol. The molecule has 25 heavy (non-hydrogen) atoms. The monoisotopic (exact) mass is 340 g/mol. The van der Waals surface area contributed by atoms with Gasteiger partial charge in [0.25, 0.3) is 0 Å². The Morgan fingerprint density at radius 3 is 2.84 bits per heavy atom. The van der Waals surface area contributed by atoms with Gasteiger partial charge >= 0.3 is 6.09 Å². The summed E-state index contributed by atoms with van der Waals surface area (Å²) in [5.74, 6) is 1.13. The molecule has 1 unspecified atom stereocenters. The molecule has 2 N–H and O–H groups in total. The maximum absolute atomic E-state index is 11.9. The first-order valence-corrected chi connectivity index (χ1v) is 9.07. The summed E-state index contributed by atoms with van der Waals surface area (Å²) in [5.41, 5.74) is 2.31. The summed E-state index contributed by atoms with van der Waals surface area (Å²) in [6, 6.07) is 12.9. The van der Waals surface area contributed by atoms with Crippen molar-refractivity contribution < 1.29 is 13.9 Å². The van der Waals surface area contributed by atoms with Crippen LogP contribution in [0.15, 0.2) is 47.1 Å². The number of aryl methyl sites for hydroxylation is 1. The highest BCUT2D eigenvalue weighted by Gasteiger charge is 2.33. The molecule has 0 radical (unpaired) electrons. The topological polar surface area (TPSA) is 63.5 Å². The molecule has 1 atom stereocenters. The largest absolute Gasteiger partial charge is 0.469 e. The molecule has 0 aliphatic heterocycles. The van der Waals surface area contributed by atoms with E-state index < -0.39 is 0 Å². The fourth-order valence-corrected chi connectivity index (χ4v) is 3.75. The molecule has 2 aromatic rings. The molecule has 1 amide bonds. The maximum Gasteiger partial charge on any atom is 0.407 e. The van der Waals surface area contributed by atoms with Crippen molar-refractivity contribution in [2.75, 3.05) is 0 Å². The first-order valence-electron chi connectivity index (χ1n) is 9.07. The molecule has 0 bridgehead atoms. The zero-order valence-corrected chi connectivity index (χ0v) is 14.2. The number of hydrogen-bond acceptors (Lipinski definition) is 4. The van der Waals surface area contributed by atoms with Crippen molar-refractivity contribution in [1.82, 2.24) is 10.6 Å². The lowest BCUT2D eigenvalue weighted by Gasteiger charge is -2.39. The van der Waals surface area contributed by atoms with E-state index >= 15 is 0 Å². The fourth-order valence-electron chi connectivity index (χ4n) is 3.75. The number of benzene rings is 1. The van der Waals surface area contributed by atoms with Gasteiger partial charge in [0.05, 0.1) is 6.26 Å². The van der Waals surface area contributed by atoms with Crippen LogP contribution in [0.3, 0.4) is 0 Å². The van der Waals surface area contributed by atoms with Gasteiger partial charge < -0.3 is 19.8 Å². The Hall–Kier alpha value is -2.27. The van der Waals surface area contributed by atoms with Crippen LogP contribution in [0.1, 0.15) is 48.6 Å². The average molecular weight is 340 g/mol. The van der Waals surface area contributed by atoms with Crippen LogP contribution >= 0.6 is 0 Å². The van der Waals surface area contributed by atoms with Gasteiger partial charge in [0.15, 0.2) is 0 Å². The normalized spacial score (nSPS) is 24.9. The predicted octanol–water partition coefficient (Wildman–Crippen LogP) is 3.70. The summed E-state index contributed by atoms with van der Waals surface area (Å²) in [6.07, 6.45) is 6.72. The third-order valence-corrected chi connectivity index (χ3v) is 5.16. The summed E-state index contributed by atoms with van der Waals surface area (Å²) in [4.78, 5) is 11.9. The van der Waals surface area contributed by atoms with Crippen LogP contribution in [-0.4, -0.2) is 18.2 Å². The van der Waals surface area contributed by atoms with Crippen molar-refractivity contribution in [2.24, 2.45) is 0 Å². The Balaban J connectivity index is 1.18. The van der Waals surface area contributed by atoms with Gasteiger partial charge in [-0.25, -0.2) is 4.79 Å². The van der Waals surface area contributed by atoms with E-state index in [4.69, 9.17) is 9.15 Å². The van der Waals surface area contributed by atoms with Crippen LogP contribution < -0.4 is 10.6 Å². The molecule has 1 heterocycles. The number of carbonyl (C=O) groups excluding carboxylic acids is 1. The van der Waals surface area contributed by atoms with Crippen LogP contribution in [0.25, 0.3) is 0 Å². The number of ether oxygens (including phenoxy) is 1. The minimum Gasteiger partial charge on any atom is -0.469 e. The summed E-state index contributed by atoms with van der Waals surface area (Å²) < 4.78 is 10.8. The van der Waals surface area contributed by atoms with Crippen molar-refractivity contribution in [1.29, 1.82) is 0 Å². The third-order valence-electron chi connectivity index (χ3n) is 5.16. The third kappa shape index (κ3) is 3.87. The molecule has 1 aromatic carbocycles.